The molecule has 5 nitrogen and oxygen atoms in total. The lowest BCUT2D eigenvalue weighted by Crippen LogP contribution is -2.37. The van der Waals surface area contributed by atoms with E-state index in [1.807, 2.05) is 6.07 Å². The fourth-order valence-corrected chi connectivity index (χ4v) is 3.16. The fourth-order valence-electron chi connectivity index (χ4n) is 2.08. The van der Waals surface area contributed by atoms with Gasteiger partial charge in [-0.2, -0.15) is 0 Å². The van der Waals surface area contributed by atoms with E-state index >= 15 is 0 Å². The van der Waals surface area contributed by atoms with Gasteiger partial charge >= 0.3 is 0 Å². The van der Waals surface area contributed by atoms with Gasteiger partial charge in [-0.3, -0.25) is 9.10 Å². The fraction of sp³-hybridized carbons (Fsp3) is 0.188. The summed E-state index contributed by atoms with van der Waals surface area (Å²) in [7, 11) is -3.63. The Hall–Kier alpha value is -2.05. The quantitative estimate of drug-likeness (QED) is 0.899. The number of rotatable bonds is 5. The zero-order chi connectivity index (χ0) is 17.0. The van der Waals surface area contributed by atoms with Gasteiger partial charge in [-0.15, -0.1) is 0 Å². The third-order valence-electron chi connectivity index (χ3n) is 3.18. The summed E-state index contributed by atoms with van der Waals surface area (Å²) in [6, 6.07) is 13.8. The molecule has 7 heteroatoms. The van der Waals surface area contributed by atoms with E-state index in [1.165, 1.54) is 6.07 Å². The van der Waals surface area contributed by atoms with Crippen LogP contribution in [0.1, 0.15) is 5.56 Å². The lowest BCUT2D eigenvalue weighted by Gasteiger charge is -2.23. The summed E-state index contributed by atoms with van der Waals surface area (Å²) in [5.41, 5.74) is 1.71. The van der Waals surface area contributed by atoms with Gasteiger partial charge in [-0.25, -0.2) is 8.42 Å². The molecule has 0 saturated carbocycles. The number of amides is 1. The first-order valence-electron chi connectivity index (χ1n) is 6.86. The highest BCUT2D eigenvalue weighted by Gasteiger charge is 2.22. The highest BCUT2D eigenvalue weighted by atomic mass is 35.5. The molecule has 0 radical (unpaired) electrons. The summed E-state index contributed by atoms with van der Waals surface area (Å²) in [6.07, 6.45) is 1.06. The zero-order valence-electron chi connectivity index (χ0n) is 12.8. The molecule has 0 aliphatic rings. The molecule has 0 fully saturated rings. The number of nitrogens with one attached hydrogen (secondary N) is 1. The molecule has 0 aromatic heterocycles. The van der Waals surface area contributed by atoms with Crippen LogP contribution in [0.15, 0.2) is 48.5 Å². The van der Waals surface area contributed by atoms with Crippen LogP contribution in [-0.4, -0.2) is 27.1 Å². The van der Waals surface area contributed by atoms with Gasteiger partial charge in [-0.05, 0) is 36.8 Å². The average Bonchev–Trinajstić information content (AvgIpc) is 2.47. The topological polar surface area (TPSA) is 66.5 Å². The Morgan fingerprint density at radius 3 is 2.43 bits per heavy atom. The van der Waals surface area contributed by atoms with Gasteiger partial charge in [-0.1, -0.05) is 35.9 Å². The molecule has 1 amide bonds. The normalized spacial score (nSPS) is 11.1. The number of anilines is 2. The van der Waals surface area contributed by atoms with Gasteiger partial charge in [0.1, 0.15) is 6.54 Å². The van der Waals surface area contributed by atoms with Crippen LogP contribution in [-0.2, 0) is 14.8 Å². The standard InChI is InChI=1S/C16H17ClN2O3S/c1-12-8-9-13(17)10-15(12)19(23(2,21)22)11-16(20)18-14-6-4-3-5-7-14/h3-10H,11H2,1-2H3,(H,18,20). The van der Waals surface area contributed by atoms with Crippen LogP contribution in [0.25, 0.3) is 0 Å². The Balaban J connectivity index is 2.27. The first-order valence-corrected chi connectivity index (χ1v) is 9.09. The van der Waals surface area contributed by atoms with Crippen molar-refractivity contribution in [3.63, 3.8) is 0 Å². The monoisotopic (exact) mass is 352 g/mol. The number of benzene rings is 2. The van der Waals surface area contributed by atoms with E-state index in [4.69, 9.17) is 11.6 Å². The minimum Gasteiger partial charge on any atom is -0.325 e. The minimum absolute atomic E-state index is 0.324. The summed E-state index contributed by atoms with van der Waals surface area (Å²) in [5.74, 6) is -0.430. The highest BCUT2D eigenvalue weighted by Crippen LogP contribution is 2.26. The summed E-state index contributed by atoms with van der Waals surface area (Å²) in [5, 5.41) is 3.08. The second kappa shape index (κ2) is 7.02. The molecule has 0 unspecified atom stereocenters. The molecule has 0 spiro atoms. The van der Waals surface area contributed by atoms with Gasteiger partial charge in [0, 0.05) is 10.7 Å². The number of hydrogen-bond acceptors (Lipinski definition) is 3. The SMILES string of the molecule is Cc1ccc(Cl)cc1N(CC(=O)Nc1ccccc1)S(C)(=O)=O. The summed E-state index contributed by atoms with van der Waals surface area (Å²) >= 11 is 5.96. The van der Waals surface area contributed by atoms with Gasteiger partial charge in [0.05, 0.1) is 11.9 Å². The summed E-state index contributed by atoms with van der Waals surface area (Å²) in [4.78, 5) is 12.2. The predicted molar refractivity (Wildman–Crippen MR) is 93.5 cm³/mol. The molecule has 0 aliphatic heterocycles. The van der Waals surface area contributed by atoms with E-state index in [0.29, 0.717) is 22.0 Å². The second-order valence-electron chi connectivity index (χ2n) is 5.11. The van der Waals surface area contributed by atoms with Crippen molar-refractivity contribution < 1.29 is 13.2 Å². The Labute approximate surface area is 140 Å². The van der Waals surface area contributed by atoms with E-state index < -0.39 is 15.9 Å². The maximum atomic E-state index is 12.2. The van der Waals surface area contributed by atoms with Gasteiger partial charge in [0.25, 0.3) is 0 Å². The third kappa shape index (κ3) is 4.71. The number of halogens is 1. The third-order valence-corrected chi connectivity index (χ3v) is 4.55. The van der Waals surface area contributed by atoms with Crippen LogP contribution in [0.5, 0.6) is 0 Å². The molecule has 0 atom stereocenters. The maximum absolute atomic E-state index is 12.2. The van der Waals surface area contributed by atoms with Crippen LogP contribution in [0, 0.1) is 6.92 Å². The van der Waals surface area contributed by atoms with Crippen molar-refractivity contribution in [2.45, 2.75) is 6.92 Å². The van der Waals surface area contributed by atoms with E-state index in [2.05, 4.69) is 5.32 Å². The number of hydrogen-bond donors (Lipinski definition) is 1. The Kier molecular flexibility index (Phi) is 5.28. The van der Waals surface area contributed by atoms with Crippen molar-refractivity contribution in [1.29, 1.82) is 0 Å². The molecule has 2 aromatic carbocycles. The summed E-state index contributed by atoms with van der Waals surface area (Å²) in [6.45, 7) is 1.44. The van der Waals surface area contributed by atoms with Crippen LogP contribution in [0.2, 0.25) is 5.02 Å². The van der Waals surface area contributed by atoms with Crippen LogP contribution >= 0.6 is 11.6 Å². The molecule has 2 aromatic rings. The van der Waals surface area contributed by atoms with E-state index in [0.717, 1.165) is 10.6 Å². The number of sulfonamides is 1. The van der Waals surface area contributed by atoms with Crippen molar-refractivity contribution in [1.82, 2.24) is 0 Å². The van der Waals surface area contributed by atoms with E-state index in [9.17, 15) is 13.2 Å². The van der Waals surface area contributed by atoms with Crippen LogP contribution in [0.3, 0.4) is 0 Å². The van der Waals surface area contributed by atoms with Crippen LogP contribution < -0.4 is 9.62 Å². The number of carbonyl (C=O) groups excluding carboxylic acids is 1. The number of carbonyl (C=O) groups is 1. The lowest BCUT2D eigenvalue weighted by molar-refractivity contribution is -0.114. The molecule has 0 bridgehead atoms. The second-order valence-corrected chi connectivity index (χ2v) is 7.46. The van der Waals surface area contributed by atoms with Crippen molar-refractivity contribution in [2.75, 3.05) is 22.4 Å². The Morgan fingerprint density at radius 1 is 1.17 bits per heavy atom. The Morgan fingerprint density at radius 2 is 1.83 bits per heavy atom. The zero-order valence-corrected chi connectivity index (χ0v) is 14.4. The lowest BCUT2D eigenvalue weighted by atomic mass is 10.2. The smallest absolute Gasteiger partial charge is 0.245 e. The van der Waals surface area contributed by atoms with Gasteiger partial charge in [0.15, 0.2) is 0 Å². The molecule has 0 aliphatic carbocycles. The average molecular weight is 353 g/mol. The van der Waals surface area contributed by atoms with E-state index in [-0.39, 0.29) is 6.54 Å². The first kappa shape index (κ1) is 17.3. The maximum Gasteiger partial charge on any atom is 0.245 e. The largest absolute Gasteiger partial charge is 0.325 e. The molecule has 1 N–H and O–H groups in total. The Bertz CT molecular complexity index is 807. The van der Waals surface area contributed by atoms with Crippen molar-refractivity contribution >= 4 is 38.9 Å². The van der Waals surface area contributed by atoms with Crippen molar-refractivity contribution in [3.8, 4) is 0 Å². The molecule has 0 saturated heterocycles. The van der Waals surface area contributed by atoms with Crippen molar-refractivity contribution in [2.24, 2.45) is 0 Å². The molecule has 23 heavy (non-hydrogen) atoms. The van der Waals surface area contributed by atoms with E-state index in [1.54, 1.807) is 43.3 Å². The molecular weight excluding hydrogens is 336 g/mol. The predicted octanol–water partition coefficient (Wildman–Crippen LogP) is 3.05. The number of nitrogens with zero attached hydrogens (tertiary/aromatic N) is 1. The van der Waals surface area contributed by atoms with Crippen LogP contribution in [0.4, 0.5) is 11.4 Å². The number of aryl methyl sites for hydroxylation is 1. The first-order chi connectivity index (χ1) is 10.8. The van der Waals surface area contributed by atoms with Crippen molar-refractivity contribution in [3.05, 3.63) is 59.1 Å². The van der Waals surface area contributed by atoms with Gasteiger partial charge < -0.3 is 5.32 Å². The molecule has 122 valence electrons. The molecular formula is C16H17ClN2O3S. The number of para-hydroxylation sites is 1. The molecule has 0 heterocycles. The molecule has 2 rings (SSSR count). The summed E-state index contributed by atoms with van der Waals surface area (Å²) < 4.78 is 25.2. The van der Waals surface area contributed by atoms with Gasteiger partial charge in [0.2, 0.25) is 15.9 Å². The minimum atomic E-state index is -3.63. The highest BCUT2D eigenvalue weighted by molar-refractivity contribution is 7.92.